The Balaban J connectivity index is 2.13. The molecule has 1 aromatic rings. The van der Waals surface area contributed by atoms with Gasteiger partial charge in [-0.1, -0.05) is 6.92 Å². The van der Waals surface area contributed by atoms with Crippen molar-refractivity contribution >= 4 is 6.29 Å². The lowest BCUT2D eigenvalue weighted by molar-refractivity contribution is -0.111. The lowest BCUT2D eigenvalue weighted by Gasteiger charge is -2.25. The lowest BCUT2D eigenvalue weighted by Crippen LogP contribution is -2.29. The number of rotatable bonds is 8. The van der Waals surface area contributed by atoms with E-state index in [4.69, 9.17) is 9.47 Å². The van der Waals surface area contributed by atoms with E-state index < -0.39 is 0 Å². The average molecular weight is 319 g/mol. The van der Waals surface area contributed by atoms with Crippen LogP contribution in [0.5, 0.6) is 11.5 Å². The van der Waals surface area contributed by atoms with Crippen molar-refractivity contribution in [2.75, 3.05) is 27.3 Å². The summed E-state index contributed by atoms with van der Waals surface area (Å²) in [6, 6.07) is 4.08. The van der Waals surface area contributed by atoms with E-state index in [-0.39, 0.29) is 5.92 Å². The first kappa shape index (κ1) is 17.8. The molecule has 1 unspecified atom stereocenters. The smallest absolute Gasteiger partial charge is 0.161 e. The monoisotopic (exact) mass is 319 g/mol. The van der Waals surface area contributed by atoms with Crippen LogP contribution in [0.1, 0.15) is 37.3 Å². The Morgan fingerprint density at radius 2 is 1.78 bits per heavy atom. The normalized spacial score (nSPS) is 16.8. The molecule has 1 aliphatic heterocycles. The second-order valence-corrected chi connectivity index (χ2v) is 6.36. The molecule has 4 nitrogen and oxygen atoms in total. The molecule has 1 N–H and O–H groups in total. The molecule has 1 aromatic carbocycles. The molecule has 128 valence electrons. The topological polar surface area (TPSA) is 47.6 Å². The maximum absolute atomic E-state index is 11.6. The Labute approximate surface area is 139 Å². The van der Waals surface area contributed by atoms with Gasteiger partial charge in [0, 0.05) is 5.92 Å². The van der Waals surface area contributed by atoms with Gasteiger partial charge in [-0.3, -0.25) is 0 Å². The molecule has 0 radical (unpaired) electrons. The molecule has 1 heterocycles. The molecule has 0 bridgehead atoms. The van der Waals surface area contributed by atoms with Crippen molar-refractivity contribution in [1.82, 2.24) is 5.32 Å². The van der Waals surface area contributed by atoms with Crippen LogP contribution in [0.3, 0.4) is 0 Å². The molecule has 1 saturated heterocycles. The number of carbonyl (C=O) groups excluding carboxylic acids is 1. The molecule has 0 aromatic heterocycles. The molecule has 0 aliphatic carbocycles. The van der Waals surface area contributed by atoms with Crippen molar-refractivity contribution in [3.8, 4) is 11.5 Å². The largest absolute Gasteiger partial charge is 0.493 e. The predicted octanol–water partition coefficient (Wildman–Crippen LogP) is 3.01. The van der Waals surface area contributed by atoms with Gasteiger partial charge in [0.1, 0.15) is 6.29 Å². The predicted molar refractivity (Wildman–Crippen MR) is 92.4 cm³/mol. The van der Waals surface area contributed by atoms with Gasteiger partial charge in [0.2, 0.25) is 0 Å². The summed E-state index contributed by atoms with van der Waals surface area (Å²) < 4.78 is 10.8. The van der Waals surface area contributed by atoms with Crippen molar-refractivity contribution < 1.29 is 14.3 Å². The minimum Gasteiger partial charge on any atom is -0.493 e. The van der Waals surface area contributed by atoms with E-state index >= 15 is 0 Å². The number of carbonyl (C=O) groups is 1. The maximum Gasteiger partial charge on any atom is 0.161 e. The maximum atomic E-state index is 11.6. The van der Waals surface area contributed by atoms with E-state index in [0.717, 1.165) is 50.1 Å². The number of hydrogen-bond acceptors (Lipinski definition) is 4. The van der Waals surface area contributed by atoms with Gasteiger partial charge >= 0.3 is 0 Å². The third-order valence-corrected chi connectivity index (χ3v) is 4.86. The van der Waals surface area contributed by atoms with Crippen molar-refractivity contribution in [2.45, 2.75) is 39.0 Å². The van der Waals surface area contributed by atoms with Crippen LogP contribution in [0.2, 0.25) is 0 Å². The standard InChI is InChI=1S/C19H29NO3/c1-4-16-11-18(22-2)19(23-3)12-17(16)10-15(13-21)9-14-5-7-20-8-6-14/h11-15,20H,4-10H2,1-3H3. The summed E-state index contributed by atoms with van der Waals surface area (Å²) in [6.45, 7) is 4.28. The first-order valence-electron chi connectivity index (χ1n) is 8.61. The summed E-state index contributed by atoms with van der Waals surface area (Å²) in [5, 5.41) is 3.38. The van der Waals surface area contributed by atoms with Gasteiger partial charge in [0.05, 0.1) is 14.2 Å². The Bertz CT molecular complexity index is 510. The quantitative estimate of drug-likeness (QED) is 0.748. The number of methoxy groups -OCH3 is 2. The lowest BCUT2D eigenvalue weighted by atomic mass is 9.84. The number of piperidine rings is 1. The molecule has 2 rings (SSSR count). The fourth-order valence-electron chi connectivity index (χ4n) is 3.50. The Morgan fingerprint density at radius 1 is 1.17 bits per heavy atom. The zero-order chi connectivity index (χ0) is 16.7. The van der Waals surface area contributed by atoms with Gasteiger partial charge in [0.15, 0.2) is 11.5 Å². The summed E-state index contributed by atoms with van der Waals surface area (Å²) in [6.07, 6.45) is 6.19. The number of nitrogens with one attached hydrogen (secondary N) is 1. The van der Waals surface area contributed by atoms with E-state index in [0.29, 0.717) is 5.92 Å². The van der Waals surface area contributed by atoms with E-state index in [1.54, 1.807) is 14.2 Å². The zero-order valence-corrected chi connectivity index (χ0v) is 14.6. The van der Waals surface area contributed by atoms with Gasteiger partial charge in [0.25, 0.3) is 0 Å². The molecular weight excluding hydrogens is 290 g/mol. The Morgan fingerprint density at radius 3 is 2.30 bits per heavy atom. The molecule has 0 spiro atoms. The number of ether oxygens (including phenoxy) is 2. The third-order valence-electron chi connectivity index (χ3n) is 4.86. The highest BCUT2D eigenvalue weighted by atomic mass is 16.5. The second kappa shape index (κ2) is 8.92. The average Bonchev–Trinajstić information content (AvgIpc) is 2.61. The van der Waals surface area contributed by atoms with Gasteiger partial charge in [-0.15, -0.1) is 0 Å². The van der Waals surface area contributed by atoms with Crippen LogP contribution in [0.25, 0.3) is 0 Å². The Hall–Kier alpha value is -1.55. The van der Waals surface area contributed by atoms with Crippen LogP contribution in [-0.2, 0) is 17.6 Å². The molecule has 0 amide bonds. The van der Waals surface area contributed by atoms with Crippen molar-refractivity contribution in [2.24, 2.45) is 11.8 Å². The van der Waals surface area contributed by atoms with E-state index in [1.165, 1.54) is 24.0 Å². The van der Waals surface area contributed by atoms with Crippen LogP contribution < -0.4 is 14.8 Å². The van der Waals surface area contributed by atoms with Crippen LogP contribution in [-0.4, -0.2) is 33.6 Å². The first-order chi connectivity index (χ1) is 11.2. The van der Waals surface area contributed by atoms with E-state index in [9.17, 15) is 4.79 Å². The molecular formula is C19H29NO3. The van der Waals surface area contributed by atoms with Crippen molar-refractivity contribution in [3.05, 3.63) is 23.3 Å². The van der Waals surface area contributed by atoms with Crippen LogP contribution in [0.15, 0.2) is 12.1 Å². The highest BCUT2D eigenvalue weighted by Gasteiger charge is 2.20. The van der Waals surface area contributed by atoms with Gasteiger partial charge < -0.3 is 19.6 Å². The molecule has 1 atom stereocenters. The molecule has 0 saturated carbocycles. The summed E-state index contributed by atoms with van der Waals surface area (Å²) in [7, 11) is 3.31. The van der Waals surface area contributed by atoms with Crippen molar-refractivity contribution in [1.29, 1.82) is 0 Å². The highest BCUT2D eigenvalue weighted by Crippen LogP contribution is 2.33. The van der Waals surface area contributed by atoms with Crippen LogP contribution in [0.4, 0.5) is 0 Å². The fraction of sp³-hybridized carbons (Fsp3) is 0.632. The van der Waals surface area contributed by atoms with Crippen LogP contribution in [0, 0.1) is 11.8 Å². The molecule has 1 aliphatic rings. The summed E-state index contributed by atoms with van der Waals surface area (Å²) in [5.74, 6) is 2.25. The minimum absolute atomic E-state index is 0.0847. The van der Waals surface area contributed by atoms with Gasteiger partial charge in [-0.2, -0.15) is 0 Å². The van der Waals surface area contributed by atoms with Gasteiger partial charge in [-0.05, 0) is 74.4 Å². The highest BCUT2D eigenvalue weighted by molar-refractivity contribution is 5.56. The Kier molecular flexibility index (Phi) is 6.90. The van der Waals surface area contributed by atoms with E-state index in [2.05, 4.69) is 12.2 Å². The fourth-order valence-corrected chi connectivity index (χ4v) is 3.50. The summed E-state index contributed by atoms with van der Waals surface area (Å²) in [4.78, 5) is 11.6. The first-order valence-corrected chi connectivity index (χ1v) is 8.61. The SMILES string of the molecule is CCc1cc(OC)c(OC)cc1CC(C=O)CC1CCNCC1. The molecule has 4 heteroatoms. The van der Waals surface area contributed by atoms with Crippen molar-refractivity contribution in [3.63, 3.8) is 0 Å². The molecule has 1 fully saturated rings. The second-order valence-electron chi connectivity index (χ2n) is 6.36. The zero-order valence-electron chi connectivity index (χ0n) is 14.6. The van der Waals surface area contributed by atoms with Crippen LogP contribution >= 0.6 is 0 Å². The van der Waals surface area contributed by atoms with Gasteiger partial charge in [-0.25, -0.2) is 0 Å². The third kappa shape index (κ3) is 4.71. The summed E-state index contributed by atoms with van der Waals surface area (Å²) in [5.41, 5.74) is 2.44. The minimum atomic E-state index is 0.0847. The van der Waals surface area contributed by atoms with E-state index in [1.807, 2.05) is 12.1 Å². The number of aldehydes is 1. The molecule has 23 heavy (non-hydrogen) atoms. The number of benzene rings is 1. The summed E-state index contributed by atoms with van der Waals surface area (Å²) >= 11 is 0. The number of hydrogen-bond donors (Lipinski definition) is 1. The number of aryl methyl sites for hydroxylation is 1.